The first-order valence-corrected chi connectivity index (χ1v) is 10.2. The van der Waals surface area contributed by atoms with Gasteiger partial charge in [0.15, 0.2) is 17.4 Å². The molecule has 2 heterocycles. The van der Waals surface area contributed by atoms with Crippen molar-refractivity contribution < 1.29 is 13.9 Å². The van der Waals surface area contributed by atoms with Crippen molar-refractivity contribution in [3.8, 4) is 17.1 Å². The Balaban J connectivity index is 2.04. The van der Waals surface area contributed by atoms with E-state index in [-0.39, 0.29) is 5.91 Å². The van der Waals surface area contributed by atoms with Crippen molar-refractivity contribution in [3.05, 3.63) is 78.8 Å². The van der Waals surface area contributed by atoms with Crippen LogP contribution in [0, 0.1) is 5.82 Å². The Bertz CT molecular complexity index is 1240. The van der Waals surface area contributed by atoms with Crippen LogP contribution in [-0.4, -0.2) is 41.2 Å². The topological polar surface area (TPSA) is 113 Å². The molecular formula is C24H24FN7O2. The highest BCUT2D eigenvalue weighted by Crippen LogP contribution is 2.37. The smallest absolute Gasteiger partial charge is 0.254 e. The van der Waals surface area contributed by atoms with E-state index in [1.165, 1.54) is 20.4 Å². The molecule has 0 spiro atoms. The summed E-state index contributed by atoms with van der Waals surface area (Å²) in [4.78, 5) is 29.1. The Morgan fingerprint density at radius 2 is 1.94 bits per heavy atom. The molecule has 0 saturated carbocycles. The SMILES string of the molecule is C=CC=N/C(=C\C)Nc1cc(Nc2cccc(-c3ncc(F)cn3)c2OC)c(C(=O)NC)cn1. The molecule has 0 aliphatic heterocycles. The van der Waals surface area contributed by atoms with Gasteiger partial charge in [0.05, 0.1) is 42.0 Å². The number of methoxy groups -OCH3 is 1. The normalized spacial score (nSPS) is 11.2. The molecule has 174 valence electrons. The molecule has 9 nitrogen and oxygen atoms in total. The van der Waals surface area contributed by atoms with Crippen LogP contribution in [0.1, 0.15) is 17.3 Å². The van der Waals surface area contributed by atoms with Crippen molar-refractivity contribution in [2.45, 2.75) is 6.92 Å². The van der Waals surface area contributed by atoms with E-state index < -0.39 is 5.82 Å². The first-order chi connectivity index (χ1) is 16.5. The zero-order valence-corrected chi connectivity index (χ0v) is 19.0. The van der Waals surface area contributed by atoms with Crippen molar-refractivity contribution in [3.63, 3.8) is 0 Å². The zero-order valence-electron chi connectivity index (χ0n) is 19.0. The molecule has 1 amide bonds. The average molecular weight is 462 g/mol. The van der Waals surface area contributed by atoms with Gasteiger partial charge in [-0.05, 0) is 25.1 Å². The van der Waals surface area contributed by atoms with Crippen LogP contribution in [0.25, 0.3) is 11.4 Å². The van der Waals surface area contributed by atoms with Crippen LogP contribution in [0.2, 0.25) is 0 Å². The number of aromatic nitrogens is 3. The largest absolute Gasteiger partial charge is 0.494 e. The van der Waals surface area contributed by atoms with Gasteiger partial charge < -0.3 is 20.7 Å². The number of benzene rings is 1. The minimum Gasteiger partial charge on any atom is -0.494 e. The van der Waals surface area contributed by atoms with Crippen LogP contribution in [0.3, 0.4) is 0 Å². The lowest BCUT2D eigenvalue weighted by Crippen LogP contribution is -2.19. The predicted molar refractivity (Wildman–Crippen MR) is 131 cm³/mol. The Morgan fingerprint density at radius 3 is 2.59 bits per heavy atom. The number of aliphatic imine (C=N–C) groups is 1. The van der Waals surface area contributed by atoms with E-state index in [4.69, 9.17) is 4.74 Å². The van der Waals surface area contributed by atoms with Crippen molar-refractivity contribution in [2.24, 2.45) is 4.99 Å². The maximum Gasteiger partial charge on any atom is 0.254 e. The van der Waals surface area contributed by atoms with Crippen molar-refractivity contribution in [2.75, 3.05) is 24.8 Å². The van der Waals surface area contributed by atoms with Crippen LogP contribution in [-0.2, 0) is 0 Å². The average Bonchev–Trinajstić information content (AvgIpc) is 2.86. The lowest BCUT2D eigenvalue weighted by Gasteiger charge is -2.17. The number of amides is 1. The van der Waals surface area contributed by atoms with E-state index in [1.807, 2.05) is 6.92 Å². The maximum absolute atomic E-state index is 13.3. The van der Waals surface area contributed by atoms with Gasteiger partial charge >= 0.3 is 0 Å². The minimum atomic E-state index is -0.540. The van der Waals surface area contributed by atoms with Gasteiger partial charge in [-0.15, -0.1) is 0 Å². The third-order valence-electron chi connectivity index (χ3n) is 4.57. The summed E-state index contributed by atoms with van der Waals surface area (Å²) in [7, 11) is 3.04. The second-order valence-electron chi connectivity index (χ2n) is 6.74. The number of ether oxygens (including phenoxy) is 1. The molecule has 0 radical (unpaired) electrons. The lowest BCUT2D eigenvalue weighted by atomic mass is 10.1. The number of carbonyl (C=O) groups is 1. The number of nitrogens with one attached hydrogen (secondary N) is 3. The summed E-state index contributed by atoms with van der Waals surface area (Å²) in [5, 5.41) is 8.93. The monoisotopic (exact) mass is 461 g/mol. The first-order valence-electron chi connectivity index (χ1n) is 10.2. The van der Waals surface area contributed by atoms with Crippen molar-refractivity contribution in [1.29, 1.82) is 0 Å². The number of pyridine rings is 1. The fourth-order valence-corrected chi connectivity index (χ4v) is 3.01. The highest BCUT2D eigenvalue weighted by Gasteiger charge is 2.17. The van der Waals surface area contributed by atoms with Crippen LogP contribution in [0.4, 0.5) is 21.6 Å². The molecule has 3 aromatic rings. The third-order valence-corrected chi connectivity index (χ3v) is 4.57. The Hall–Kier alpha value is -4.60. The van der Waals surface area contributed by atoms with E-state index in [1.54, 1.807) is 42.6 Å². The van der Waals surface area contributed by atoms with Gasteiger partial charge in [0.2, 0.25) is 0 Å². The summed E-state index contributed by atoms with van der Waals surface area (Å²) in [6, 6.07) is 6.98. The molecule has 0 fully saturated rings. The standard InChI is InChI=1S/C24H24FN7O2/c1-5-10-27-20(6-2)32-21-11-19(17(14-28-21)24(33)26-3)31-18-9-7-8-16(22(18)34-4)23-29-12-15(25)13-30-23/h5-14H,1H2,2-4H3,(H,26,33)(H2,28,31,32)/b20-6+,27-10?. The molecule has 0 bridgehead atoms. The molecule has 3 N–H and O–H groups in total. The highest BCUT2D eigenvalue weighted by molar-refractivity contribution is 6.00. The number of allylic oxidation sites excluding steroid dienone is 2. The number of para-hydroxylation sites is 1. The van der Waals surface area contributed by atoms with Crippen LogP contribution in [0.15, 0.2) is 72.4 Å². The highest BCUT2D eigenvalue weighted by atomic mass is 19.1. The molecule has 1 aromatic carbocycles. The number of anilines is 3. The summed E-state index contributed by atoms with van der Waals surface area (Å²) < 4.78 is 18.9. The van der Waals surface area contributed by atoms with E-state index in [0.717, 1.165) is 12.4 Å². The van der Waals surface area contributed by atoms with E-state index >= 15 is 0 Å². The van der Waals surface area contributed by atoms with Gasteiger partial charge in [-0.3, -0.25) is 4.79 Å². The van der Waals surface area contributed by atoms with E-state index in [2.05, 4.69) is 42.5 Å². The fraction of sp³-hybridized carbons (Fsp3) is 0.125. The minimum absolute atomic E-state index is 0.295. The predicted octanol–water partition coefficient (Wildman–Crippen LogP) is 4.32. The fourth-order valence-electron chi connectivity index (χ4n) is 3.01. The van der Waals surface area contributed by atoms with Crippen molar-refractivity contribution in [1.82, 2.24) is 20.3 Å². The molecule has 0 aliphatic carbocycles. The van der Waals surface area contributed by atoms with Crippen LogP contribution < -0.4 is 20.7 Å². The maximum atomic E-state index is 13.3. The number of carbonyl (C=O) groups excluding carboxylic acids is 1. The van der Waals surface area contributed by atoms with Crippen LogP contribution in [0.5, 0.6) is 5.75 Å². The number of halogens is 1. The van der Waals surface area contributed by atoms with Gasteiger partial charge in [0.1, 0.15) is 11.6 Å². The van der Waals surface area contributed by atoms with E-state index in [0.29, 0.717) is 45.7 Å². The van der Waals surface area contributed by atoms with Gasteiger partial charge in [-0.1, -0.05) is 18.7 Å². The molecule has 0 aliphatic rings. The summed E-state index contributed by atoms with van der Waals surface area (Å²) in [5.74, 6) is 0.869. The number of rotatable bonds is 9. The summed E-state index contributed by atoms with van der Waals surface area (Å²) in [5.41, 5.74) is 1.88. The second kappa shape index (κ2) is 11.3. The quantitative estimate of drug-likeness (QED) is 0.407. The molecule has 0 saturated heterocycles. The summed E-state index contributed by atoms with van der Waals surface area (Å²) >= 11 is 0. The molecule has 34 heavy (non-hydrogen) atoms. The lowest BCUT2D eigenvalue weighted by molar-refractivity contribution is 0.0963. The third kappa shape index (κ3) is 5.60. The van der Waals surface area contributed by atoms with Gasteiger partial charge in [-0.2, -0.15) is 0 Å². The van der Waals surface area contributed by atoms with Crippen molar-refractivity contribution >= 4 is 29.3 Å². The molecular weight excluding hydrogens is 437 g/mol. The number of nitrogens with zero attached hydrogens (tertiary/aromatic N) is 4. The van der Waals surface area contributed by atoms with Gasteiger partial charge in [0, 0.05) is 25.5 Å². The van der Waals surface area contributed by atoms with Crippen LogP contribution >= 0.6 is 0 Å². The van der Waals surface area contributed by atoms with Gasteiger partial charge in [0.25, 0.3) is 5.91 Å². The molecule has 10 heteroatoms. The second-order valence-corrected chi connectivity index (χ2v) is 6.74. The van der Waals surface area contributed by atoms with E-state index in [9.17, 15) is 9.18 Å². The Morgan fingerprint density at radius 1 is 1.18 bits per heavy atom. The molecule has 0 atom stereocenters. The summed E-state index contributed by atoms with van der Waals surface area (Å²) in [6.07, 6.45) is 8.50. The summed E-state index contributed by atoms with van der Waals surface area (Å²) in [6.45, 7) is 5.44. The van der Waals surface area contributed by atoms with Gasteiger partial charge in [-0.25, -0.2) is 24.3 Å². The molecule has 0 unspecified atom stereocenters. The number of hydrogen-bond acceptors (Lipinski definition) is 8. The Kier molecular flexibility index (Phi) is 8.01. The Labute approximate surface area is 196 Å². The number of hydrogen-bond donors (Lipinski definition) is 3. The molecule has 3 rings (SSSR count). The zero-order chi connectivity index (χ0) is 24.5. The first kappa shape index (κ1) is 24.1. The molecule has 2 aromatic heterocycles.